The molecule has 0 aromatic heterocycles. The lowest BCUT2D eigenvalue weighted by Gasteiger charge is -2.36. The molecule has 29 heavy (non-hydrogen) atoms. The van der Waals surface area contributed by atoms with Crippen LogP contribution in [0.4, 0.5) is 4.79 Å². The van der Waals surface area contributed by atoms with Crippen LogP contribution < -0.4 is 10.6 Å². The highest BCUT2D eigenvalue weighted by Gasteiger charge is 2.31. The Kier molecular flexibility index (Phi) is 7.26. The normalized spacial score (nSPS) is 20.3. The van der Waals surface area contributed by atoms with Crippen LogP contribution in [0.1, 0.15) is 38.2 Å². The van der Waals surface area contributed by atoms with E-state index in [-0.39, 0.29) is 17.7 Å². The number of nitrogens with one attached hydrogen (secondary N) is 2. The van der Waals surface area contributed by atoms with E-state index in [1.54, 1.807) is 19.1 Å². The van der Waals surface area contributed by atoms with Crippen LogP contribution >= 0.6 is 0 Å². The van der Waals surface area contributed by atoms with E-state index in [9.17, 15) is 18.0 Å². The summed E-state index contributed by atoms with van der Waals surface area (Å²) in [7, 11) is -3.40. The van der Waals surface area contributed by atoms with Crippen LogP contribution in [0.5, 0.6) is 0 Å². The number of carbonyl (C=O) groups excluding carboxylic acids is 2. The molecule has 1 aliphatic carbocycles. The van der Waals surface area contributed by atoms with Crippen LogP contribution in [0, 0.1) is 0 Å². The largest absolute Gasteiger partial charge is 0.335 e. The van der Waals surface area contributed by atoms with E-state index >= 15 is 0 Å². The van der Waals surface area contributed by atoms with Gasteiger partial charge in [0.2, 0.25) is 15.9 Å². The minimum absolute atomic E-state index is 0.0226. The number of urea groups is 1. The van der Waals surface area contributed by atoms with Gasteiger partial charge in [-0.1, -0.05) is 43.2 Å². The molecule has 8 nitrogen and oxygen atoms in total. The zero-order valence-corrected chi connectivity index (χ0v) is 17.7. The summed E-state index contributed by atoms with van der Waals surface area (Å²) in [6, 6.07) is 8.32. The van der Waals surface area contributed by atoms with Gasteiger partial charge in [-0.05, 0) is 25.3 Å². The van der Waals surface area contributed by atoms with E-state index in [1.165, 1.54) is 4.31 Å². The Labute approximate surface area is 172 Å². The number of carbonyl (C=O) groups is 2. The standard InChI is InChI=1S/C20H30N4O4S/c1-16(19(25)22-20(26)21-18-9-5-6-10-18)23-11-13-24(14-12-23)29(27,28)15-17-7-3-2-4-8-17/h2-4,7-8,16,18H,5-6,9-15H2,1H3,(H2,21,22,25,26). The molecular weight excluding hydrogens is 392 g/mol. The van der Waals surface area contributed by atoms with Crippen molar-refractivity contribution in [3.63, 3.8) is 0 Å². The van der Waals surface area contributed by atoms with Gasteiger partial charge in [-0.25, -0.2) is 13.2 Å². The number of nitrogens with zero attached hydrogens (tertiary/aromatic N) is 2. The van der Waals surface area contributed by atoms with Gasteiger partial charge in [-0.3, -0.25) is 15.0 Å². The van der Waals surface area contributed by atoms with Gasteiger partial charge in [0.15, 0.2) is 0 Å². The fourth-order valence-corrected chi connectivity index (χ4v) is 5.43. The molecule has 1 atom stereocenters. The molecule has 0 radical (unpaired) electrons. The number of piperazine rings is 1. The predicted octanol–water partition coefficient (Wildman–Crippen LogP) is 1.29. The molecule has 2 N–H and O–H groups in total. The van der Waals surface area contributed by atoms with Gasteiger partial charge in [-0.15, -0.1) is 0 Å². The molecule has 1 aliphatic heterocycles. The minimum atomic E-state index is -3.40. The molecule has 1 unspecified atom stereocenters. The van der Waals surface area contributed by atoms with Gasteiger partial charge in [0.1, 0.15) is 0 Å². The summed E-state index contributed by atoms with van der Waals surface area (Å²) in [5.74, 6) is -0.383. The zero-order valence-electron chi connectivity index (χ0n) is 16.8. The molecule has 0 spiro atoms. The molecule has 1 heterocycles. The second-order valence-electron chi connectivity index (χ2n) is 7.80. The number of benzene rings is 1. The molecule has 1 saturated heterocycles. The molecule has 1 aromatic rings. The summed E-state index contributed by atoms with van der Waals surface area (Å²) in [4.78, 5) is 26.3. The fraction of sp³-hybridized carbons (Fsp3) is 0.600. The number of imide groups is 1. The molecule has 1 aromatic carbocycles. The lowest BCUT2D eigenvalue weighted by atomic mass is 10.2. The molecule has 3 rings (SSSR count). The molecule has 160 valence electrons. The van der Waals surface area contributed by atoms with Crippen molar-refractivity contribution in [2.45, 2.75) is 50.4 Å². The van der Waals surface area contributed by atoms with Crippen molar-refractivity contribution in [1.82, 2.24) is 19.8 Å². The topological polar surface area (TPSA) is 98.8 Å². The van der Waals surface area contributed by atoms with E-state index in [2.05, 4.69) is 10.6 Å². The Balaban J connectivity index is 1.46. The monoisotopic (exact) mass is 422 g/mol. The minimum Gasteiger partial charge on any atom is -0.335 e. The quantitative estimate of drug-likeness (QED) is 0.720. The van der Waals surface area contributed by atoms with Gasteiger partial charge < -0.3 is 5.32 Å². The van der Waals surface area contributed by atoms with Gasteiger partial charge in [0, 0.05) is 32.2 Å². The van der Waals surface area contributed by atoms with E-state index < -0.39 is 22.1 Å². The van der Waals surface area contributed by atoms with Crippen molar-refractivity contribution >= 4 is 22.0 Å². The van der Waals surface area contributed by atoms with Crippen LogP contribution in [-0.4, -0.2) is 67.8 Å². The van der Waals surface area contributed by atoms with Crippen molar-refractivity contribution in [1.29, 1.82) is 0 Å². The first-order chi connectivity index (χ1) is 13.8. The lowest BCUT2D eigenvalue weighted by Crippen LogP contribution is -2.56. The predicted molar refractivity (Wildman–Crippen MR) is 111 cm³/mol. The third kappa shape index (κ3) is 6.01. The molecular formula is C20H30N4O4S. The molecule has 1 saturated carbocycles. The van der Waals surface area contributed by atoms with Crippen molar-refractivity contribution in [3.05, 3.63) is 35.9 Å². The lowest BCUT2D eigenvalue weighted by molar-refractivity contribution is -0.125. The third-order valence-corrected chi connectivity index (χ3v) is 7.56. The van der Waals surface area contributed by atoms with Crippen LogP contribution in [0.25, 0.3) is 0 Å². The summed E-state index contributed by atoms with van der Waals surface area (Å²) in [5, 5.41) is 5.26. The highest BCUT2D eigenvalue weighted by molar-refractivity contribution is 7.88. The maximum atomic E-state index is 12.7. The van der Waals surface area contributed by atoms with Crippen LogP contribution in [0.3, 0.4) is 0 Å². The van der Waals surface area contributed by atoms with Gasteiger partial charge in [0.25, 0.3) is 0 Å². The molecule has 3 amide bonds. The number of hydrogen-bond acceptors (Lipinski definition) is 5. The van der Waals surface area contributed by atoms with E-state index in [0.717, 1.165) is 31.2 Å². The van der Waals surface area contributed by atoms with Gasteiger partial charge in [-0.2, -0.15) is 4.31 Å². The average molecular weight is 423 g/mol. The maximum Gasteiger partial charge on any atom is 0.321 e. The number of hydrogen-bond donors (Lipinski definition) is 2. The summed E-state index contributed by atoms with van der Waals surface area (Å²) in [5.41, 5.74) is 0.760. The van der Waals surface area contributed by atoms with Crippen molar-refractivity contribution in [3.8, 4) is 0 Å². The molecule has 2 aliphatic rings. The number of sulfonamides is 1. The van der Waals surface area contributed by atoms with Crippen LogP contribution in [-0.2, 0) is 20.6 Å². The van der Waals surface area contributed by atoms with Gasteiger partial charge >= 0.3 is 6.03 Å². The van der Waals surface area contributed by atoms with Crippen molar-refractivity contribution in [2.75, 3.05) is 26.2 Å². The third-order valence-electron chi connectivity index (χ3n) is 5.71. The van der Waals surface area contributed by atoms with E-state index in [1.807, 2.05) is 23.1 Å². The Bertz CT molecular complexity index is 801. The maximum absolute atomic E-state index is 12.7. The zero-order chi connectivity index (χ0) is 20.9. The summed E-state index contributed by atoms with van der Waals surface area (Å²) in [6.07, 6.45) is 4.12. The summed E-state index contributed by atoms with van der Waals surface area (Å²) >= 11 is 0. The number of rotatable bonds is 6. The van der Waals surface area contributed by atoms with Crippen molar-refractivity contribution in [2.24, 2.45) is 0 Å². The van der Waals surface area contributed by atoms with Gasteiger partial charge in [0.05, 0.1) is 11.8 Å². The average Bonchev–Trinajstić information content (AvgIpc) is 3.20. The smallest absolute Gasteiger partial charge is 0.321 e. The SMILES string of the molecule is CC(C(=O)NC(=O)NC1CCCC1)N1CCN(S(=O)(=O)Cc2ccccc2)CC1. The highest BCUT2D eigenvalue weighted by Crippen LogP contribution is 2.17. The van der Waals surface area contributed by atoms with E-state index in [0.29, 0.717) is 26.2 Å². The first-order valence-corrected chi connectivity index (χ1v) is 11.8. The molecule has 0 bridgehead atoms. The van der Waals surface area contributed by atoms with Crippen molar-refractivity contribution < 1.29 is 18.0 Å². The highest BCUT2D eigenvalue weighted by atomic mass is 32.2. The summed E-state index contributed by atoms with van der Waals surface area (Å²) < 4.78 is 26.8. The van der Waals surface area contributed by atoms with E-state index in [4.69, 9.17) is 0 Å². The Hall–Kier alpha value is -1.97. The first kappa shape index (κ1) is 21.7. The number of amides is 3. The molecule has 2 fully saturated rings. The first-order valence-electron chi connectivity index (χ1n) is 10.2. The molecule has 9 heteroatoms. The Morgan fingerprint density at radius 3 is 2.31 bits per heavy atom. The Morgan fingerprint density at radius 2 is 1.69 bits per heavy atom. The van der Waals surface area contributed by atoms with Crippen LogP contribution in [0.15, 0.2) is 30.3 Å². The Morgan fingerprint density at radius 1 is 1.07 bits per heavy atom. The second kappa shape index (κ2) is 9.69. The summed E-state index contributed by atoms with van der Waals surface area (Å²) in [6.45, 7) is 3.31. The fourth-order valence-electron chi connectivity index (χ4n) is 3.92. The second-order valence-corrected chi connectivity index (χ2v) is 9.77. The van der Waals surface area contributed by atoms with Crippen LogP contribution in [0.2, 0.25) is 0 Å².